The third-order valence-corrected chi connectivity index (χ3v) is 5.52. The molecular weight excluding hydrogens is 438 g/mol. The summed E-state index contributed by atoms with van der Waals surface area (Å²) in [5.41, 5.74) is 2.29. The molecule has 6 nitrogen and oxygen atoms in total. The summed E-state index contributed by atoms with van der Waals surface area (Å²) in [4.78, 5) is 18.9. The van der Waals surface area contributed by atoms with Crippen molar-refractivity contribution in [1.82, 2.24) is 9.88 Å². The van der Waals surface area contributed by atoms with Crippen molar-refractivity contribution in [3.05, 3.63) is 59.1 Å². The van der Waals surface area contributed by atoms with Gasteiger partial charge in [-0.25, -0.2) is 4.98 Å². The molecule has 1 amide bonds. The fourth-order valence-electron chi connectivity index (χ4n) is 3.09. The zero-order valence-corrected chi connectivity index (χ0v) is 18.8. The summed E-state index contributed by atoms with van der Waals surface area (Å²) < 4.78 is 40.2. The Morgan fingerprint density at radius 1 is 1.16 bits per heavy atom. The van der Waals surface area contributed by atoms with Crippen molar-refractivity contribution in [1.29, 1.82) is 0 Å². The average molecular weight is 463 g/mol. The van der Waals surface area contributed by atoms with Gasteiger partial charge in [0, 0.05) is 19.0 Å². The van der Waals surface area contributed by atoms with Gasteiger partial charge in [0.05, 0.1) is 31.4 Å². The lowest BCUT2D eigenvalue weighted by Gasteiger charge is -2.18. The Morgan fingerprint density at radius 2 is 1.94 bits per heavy atom. The minimum Gasteiger partial charge on any atom is -0.493 e. The van der Waals surface area contributed by atoms with Crippen molar-refractivity contribution in [2.45, 2.75) is 26.5 Å². The van der Waals surface area contributed by atoms with Crippen molar-refractivity contribution in [2.24, 2.45) is 0 Å². The van der Waals surface area contributed by atoms with E-state index in [0.29, 0.717) is 12.3 Å². The van der Waals surface area contributed by atoms with Crippen LogP contribution >= 0.6 is 11.3 Å². The molecule has 0 atom stereocenters. The zero-order valence-electron chi connectivity index (χ0n) is 18.0. The quantitative estimate of drug-likeness (QED) is 0.423. The number of hydrogen-bond acceptors (Lipinski definition) is 6. The van der Waals surface area contributed by atoms with Crippen molar-refractivity contribution < 1.29 is 27.8 Å². The fraction of sp³-hybridized carbons (Fsp3) is 0.304. The maximum Gasteiger partial charge on any atom is 0.387 e. The molecule has 32 heavy (non-hydrogen) atoms. The Labute approximate surface area is 189 Å². The van der Waals surface area contributed by atoms with E-state index in [4.69, 9.17) is 9.47 Å². The third-order valence-electron chi connectivity index (χ3n) is 4.59. The highest BCUT2D eigenvalue weighted by atomic mass is 32.1. The van der Waals surface area contributed by atoms with Gasteiger partial charge in [0.25, 0.3) is 0 Å². The molecule has 0 N–H and O–H groups in total. The molecule has 3 aromatic rings. The summed E-state index contributed by atoms with van der Waals surface area (Å²) in [6.45, 7) is -0.178. The van der Waals surface area contributed by atoms with E-state index in [1.54, 1.807) is 24.1 Å². The summed E-state index contributed by atoms with van der Waals surface area (Å²) in [6.07, 6.45) is 0.146. The van der Waals surface area contributed by atoms with Crippen LogP contribution in [0.3, 0.4) is 0 Å². The SMILES string of the molecule is CCOc1ccccc1-c1nc(CC(=O)N(C)Cc2ccc(OC(F)F)c(OC)c2)cs1. The first kappa shape index (κ1) is 23.5. The van der Waals surface area contributed by atoms with Crippen LogP contribution in [0.1, 0.15) is 18.2 Å². The largest absolute Gasteiger partial charge is 0.493 e. The molecule has 0 unspecified atom stereocenters. The van der Waals surface area contributed by atoms with Crippen LogP contribution in [-0.2, 0) is 17.8 Å². The molecule has 0 aliphatic rings. The first-order valence-corrected chi connectivity index (χ1v) is 10.8. The number of amides is 1. The van der Waals surface area contributed by atoms with Gasteiger partial charge in [0.1, 0.15) is 10.8 Å². The van der Waals surface area contributed by atoms with E-state index in [-0.39, 0.29) is 30.4 Å². The Bertz CT molecular complexity index is 1060. The van der Waals surface area contributed by atoms with Crippen LogP contribution in [0.4, 0.5) is 8.78 Å². The molecular formula is C23H24F2N2O4S. The maximum absolute atomic E-state index is 12.7. The van der Waals surface area contributed by atoms with Gasteiger partial charge in [-0.2, -0.15) is 8.78 Å². The predicted octanol–water partition coefficient (Wildman–Crippen LogP) is 5.02. The molecule has 0 fully saturated rings. The highest BCUT2D eigenvalue weighted by Crippen LogP contribution is 2.32. The van der Waals surface area contributed by atoms with E-state index >= 15 is 0 Å². The minimum absolute atomic E-state index is 0.0532. The Kier molecular flexibility index (Phi) is 7.99. The molecule has 2 aromatic carbocycles. The number of likely N-dealkylation sites (N-methyl/N-ethyl adjacent to an activating group) is 1. The highest BCUT2D eigenvalue weighted by molar-refractivity contribution is 7.13. The molecule has 0 saturated heterocycles. The van der Waals surface area contributed by atoms with E-state index in [0.717, 1.165) is 21.9 Å². The van der Waals surface area contributed by atoms with Crippen LogP contribution in [0.2, 0.25) is 0 Å². The topological polar surface area (TPSA) is 60.9 Å². The smallest absolute Gasteiger partial charge is 0.387 e. The molecule has 0 aliphatic heterocycles. The van der Waals surface area contributed by atoms with Gasteiger partial charge in [-0.05, 0) is 36.8 Å². The number of alkyl halides is 2. The van der Waals surface area contributed by atoms with E-state index < -0.39 is 6.61 Å². The van der Waals surface area contributed by atoms with Crippen molar-refractivity contribution in [2.75, 3.05) is 20.8 Å². The Balaban J connectivity index is 1.66. The first-order valence-electron chi connectivity index (χ1n) is 9.93. The molecule has 1 aromatic heterocycles. The number of aromatic nitrogens is 1. The zero-order chi connectivity index (χ0) is 23.1. The summed E-state index contributed by atoms with van der Waals surface area (Å²) in [5.74, 6) is 0.766. The van der Waals surface area contributed by atoms with E-state index in [1.165, 1.54) is 24.5 Å². The highest BCUT2D eigenvalue weighted by Gasteiger charge is 2.16. The van der Waals surface area contributed by atoms with Crippen molar-refractivity contribution in [3.8, 4) is 27.8 Å². The molecule has 3 rings (SSSR count). The van der Waals surface area contributed by atoms with Crippen LogP contribution < -0.4 is 14.2 Å². The number of carbonyl (C=O) groups is 1. The second-order valence-electron chi connectivity index (χ2n) is 6.86. The van der Waals surface area contributed by atoms with Crippen LogP contribution in [0.15, 0.2) is 47.8 Å². The van der Waals surface area contributed by atoms with Gasteiger partial charge in [0.2, 0.25) is 5.91 Å². The molecule has 0 aliphatic carbocycles. The number of ether oxygens (including phenoxy) is 3. The van der Waals surface area contributed by atoms with Gasteiger partial charge in [-0.3, -0.25) is 4.79 Å². The number of benzene rings is 2. The number of thiazole rings is 1. The van der Waals surface area contributed by atoms with Gasteiger partial charge in [-0.1, -0.05) is 18.2 Å². The molecule has 0 spiro atoms. The van der Waals surface area contributed by atoms with Crippen LogP contribution in [-0.4, -0.2) is 43.2 Å². The number of halogens is 2. The van der Waals surface area contributed by atoms with Gasteiger partial charge >= 0.3 is 6.61 Å². The van der Waals surface area contributed by atoms with Gasteiger partial charge in [0.15, 0.2) is 11.5 Å². The van der Waals surface area contributed by atoms with Crippen LogP contribution in [0.5, 0.6) is 17.2 Å². The van der Waals surface area contributed by atoms with Crippen molar-refractivity contribution >= 4 is 17.2 Å². The monoisotopic (exact) mass is 462 g/mol. The minimum atomic E-state index is -2.94. The number of carbonyl (C=O) groups excluding carboxylic acids is 1. The Morgan fingerprint density at radius 3 is 2.66 bits per heavy atom. The van der Waals surface area contributed by atoms with E-state index in [2.05, 4.69) is 9.72 Å². The summed E-state index contributed by atoms with van der Waals surface area (Å²) in [6, 6.07) is 12.3. The number of methoxy groups -OCH3 is 1. The normalized spacial score (nSPS) is 10.8. The number of nitrogens with zero attached hydrogens (tertiary/aromatic N) is 2. The number of rotatable bonds is 10. The standard InChI is InChI=1S/C23H24F2N2O4S/c1-4-30-18-8-6-5-7-17(18)22-26-16(14-32-22)12-21(28)27(2)13-15-9-10-19(31-23(24)25)20(11-15)29-3/h5-11,14,23H,4,12-13H2,1-3H3. The summed E-state index contributed by atoms with van der Waals surface area (Å²) in [7, 11) is 3.05. The molecule has 170 valence electrons. The second-order valence-corrected chi connectivity index (χ2v) is 7.72. The summed E-state index contributed by atoms with van der Waals surface area (Å²) >= 11 is 1.46. The predicted molar refractivity (Wildman–Crippen MR) is 119 cm³/mol. The lowest BCUT2D eigenvalue weighted by molar-refractivity contribution is -0.129. The van der Waals surface area contributed by atoms with Gasteiger partial charge in [-0.15, -0.1) is 11.3 Å². The molecule has 9 heteroatoms. The summed E-state index contributed by atoms with van der Waals surface area (Å²) in [5, 5.41) is 2.65. The lowest BCUT2D eigenvalue weighted by atomic mass is 10.2. The Hall–Kier alpha value is -3.20. The molecule has 0 bridgehead atoms. The molecule has 0 saturated carbocycles. The molecule has 0 radical (unpaired) electrons. The lowest BCUT2D eigenvalue weighted by Crippen LogP contribution is -2.27. The fourth-order valence-corrected chi connectivity index (χ4v) is 3.94. The van der Waals surface area contributed by atoms with Crippen molar-refractivity contribution in [3.63, 3.8) is 0 Å². The van der Waals surface area contributed by atoms with E-state index in [9.17, 15) is 13.6 Å². The van der Waals surface area contributed by atoms with Crippen LogP contribution in [0.25, 0.3) is 10.6 Å². The number of para-hydroxylation sites is 1. The number of hydrogen-bond donors (Lipinski definition) is 0. The molecule has 1 heterocycles. The third kappa shape index (κ3) is 5.94. The maximum atomic E-state index is 12.7. The first-order chi connectivity index (χ1) is 15.4. The van der Waals surface area contributed by atoms with Gasteiger partial charge < -0.3 is 19.1 Å². The average Bonchev–Trinajstić information content (AvgIpc) is 3.23. The van der Waals surface area contributed by atoms with Crippen LogP contribution in [0, 0.1) is 0 Å². The van der Waals surface area contributed by atoms with E-state index in [1.807, 2.05) is 36.6 Å². The second kappa shape index (κ2) is 10.9.